The van der Waals surface area contributed by atoms with E-state index in [1.165, 1.54) is 24.8 Å². The first-order valence-electron chi connectivity index (χ1n) is 7.44. The minimum Gasteiger partial charge on any atom is -0.480 e. The molecule has 25 heavy (non-hydrogen) atoms. The van der Waals surface area contributed by atoms with Crippen molar-refractivity contribution >= 4 is 34.6 Å². The number of nitrogens with zero attached hydrogens (tertiary/aromatic N) is 2. The summed E-state index contributed by atoms with van der Waals surface area (Å²) in [5.74, 6) is -0.830. The molecule has 1 aromatic heterocycles. The van der Waals surface area contributed by atoms with E-state index in [-0.39, 0.29) is 21.6 Å². The fourth-order valence-corrected chi connectivity index (χ4v) is 2.86. The van der Waals surface area contributed by atoms with Crippen LogP contribution in [0, 0.1) is 0 Å². The van der Waals surface area contributed by atoms with Crippen molar-refractivity contribution in [3.63, 3.8) is 0 Å². The van der Waals surface area contributed by atoms with Crippen LogP contribution in [-0.2, 0) is 11.0 Å². The molecule has 1 heterocycles. The van der Waals surface area contributed by atoms with Crippen LogP contribution in [0.4, 0.5) is 19.0 Å². The summed E-state index contributed by atoms with van der Waals surface area (Å²) in [5.41, 5.74) is -0.443. The fourth-order valence-electron chi connectivity index (χ4n) is 1.94. The number of carboxylic acid groups (broad SMARTS) is 1. The van der Waals surface area contributed by atoms with Crippen molar-refractivity contribution in [2.45, 2.75) is 49.7 Å². The standard InChI is InChI=1S/C16H18F3N3O2S/c1-8(14(23)24)20-12-13(25-15(2,3)4)22-11-7-9(16(17,18)19)5-6-10(11)21-12/h5-8H,1-4H3,(H,20,21)(H,23,24). The van der Waals surface area contributed by atoms with E-state index in [0.29, 0.717) is 5.03 Å². The first kappa shape index (κ1) is 19.3. The van der Waals surface area contributed by atoms with Crippen molar-refractivity contribution in [2.24, 2.45) is 0 Å². The zero-order chi connectivity index (χ0) is 19.0. The molecule has 0 saturated heterocycles. The Morgan fingerprint density at radius 2 is 1.84 bits per heavy atom. The number of carbonyl (C=O) groups is 1. The van der Waals surface area contributed by atoms with E-state index < -0.39 is 23.8 Å². The Hall–Kier alpha value is -2.03. The van der Waals surface area contributed by atoms with Crippen LogP contribution in [0.15, 0.2) is 23.2 Å². The maximum atomic E-state index is 12.9. The van der Waals surface area contributed by atoms with Gasteiger partial charge in [-0.25, -0.2) is 9.97 Å². The molecule has 2 N–H and O–H groups in total. The number of aliphatic carboxylic acids is 1. The molecule has 0 aliphatic rings. The van der Waals surface area contributed by atoms with Gasteiger partial charge < -0.3 is 10.4 Å². The Morgan fingerprint density at radius 1 is 1.20 bits per heavy atom. The Labute approximate surface area is 147 Å². The lowest BCUT2D eigenvalue weighted by Gasteiger charge is -2.20. The average Bonchev–Trinajstić information content (AvgIpc) is 2.44. The molecule has 0 bridgehead atoms. The van der Waals surface area contributed by atoms with Gasteiger partial charge in [0.15, 0.2) is 5.82 Å². The number of rotatable bonds is 4. The second-order valence-corrected chi connectivity index (χ2v) is 8.31. The van der Waals surface area contributed by atoms with Gasteiger partial charge in [0, 0.05) is 4.75 Å². The summed E-state index contributed by atoms with van der Waals surface area (Å²) in [4.78, 5) is 19.6. The molecule has 0 aliphatic carbocycles. The summed E-state index contributed by atoms with van der Waals surface area (Å²) in [6.07, 6.45) is -4.47. The number of hydrogen-bond acceptors (Lipinski definition) is 5. The third kappa shape index (κ3) is 4.97. The molecule has 9 heteroatoms. The van der Waals surface area contributed by atoms with Crippen molar-refractivity contribution in [1.29, 1.82) is 0 Å². The highest BCUT2D eigenvalue weighted by molar-refractivity contribution is 8.00. The number of thioether (sulfide) groups is 1. The highest BCUT2D eigenvalue weighted by atomic mass is 32.2. The molecule has 2 aromatic rings. The van der Waals surface area contributed by atoms with Crippen molar-refractivity contribution < 1.29 is 23.1 Å². The second kappa shape index (κ2) is 6.70. The molecule has 0 saturated carbocycles. The zero-order valence-electron chi connectivity index (χ0n) is 14.1. The lowest BCUT2D eigenvalue weighted by Crippen LogP contribution is -2.26. The van der Waals surface area contributed by atoms with E-state index in [2.05, 4.69) is 15.3 Å². The molecule has 0 spiro atoms. The van der Waals surface area contributed by atoms with Gasteiger partial charge in [0.05, 0.1) is 16.6 Å². The van der Waals surface area contributed by atoms with E-state index in [0.717, 1.165) is 12.1 Å². The Balaban J connectivity index is 2.57. The van der Waals surface area contributed by atoms with Crippen molar-refractivity contribution in [1.82, 2.24) is 9.97 Å². The Bertz CT molecular complexity index is 804. The normalized spacial score (nSPS) is 13.7. The van der Waals surface area contributed by atoms with E-state index in [1.807, 2.05) is 20.8 Å². The Kier molecular flexibility index (Phi) is 5.17. The minimum absolute atomic E-state index is 0.107. The summed E-state index contributed by atoms with van der Waals surface area (Å²) in [7, 11) is 0. The van der Waals surface area contributed by atoms with Crippen LogP contribution >= 0.6 is 11.8 Å². The van der Waals surface area contributed by atoms with Crippen LogP contribution in [0.2, 0.25) is 0 Å². The van der Waals surface area contributed by atoms with E-state index >= 15 is 0 Å². The van der Waals surface area contributed by atoms with Crippen LogP contribution in [0.1, 0.15) is 33.3 Å². The smallest absolute Gasteiger partial charge is 0.416 e. The number of carboxylic acids is 1. The number of aromatic nitrogens is 2. The molecule has 136 valence electrons. The van der Waals surface area contributed by atoms with Crippen LogP contribution < -0.4 is 5.32 Å². The molecule has 5 nitrogen and oxygen atoms in total. The number of benzene rings is 1. The van der Waals surface area contributed by atoms with E-state index in [9.17, 15) is 18.0 Å². The molecule has 1 unspecified atom stereocenters. The van der Waals surface area contributed by atoms with Gasteiger partial charge in [-0.3, -0.25) is 4.79 Å². The average molecular weight is 373 g/mol. The number of hydrogen-bond donors (Lipinski definition) is 2. The van der Waals surface area contributed by atoms with Gasteiger partial charge in [-0.2, -0.15) is 13.2 Å². The fraction of sp³-hybridized carbons (Fsp3) is 0.438. The summed E-state index contributed by atoms with van der Waals surface area (Å²) >= 11 is 1.30. The van der Waals surface area contributed by atoms with Crippen LogP contribution in [0.5, 0.6) is 0 Å². The monoisotopic (exact) mass is 373 g/mol. The minimum atomic E-state index is -4.47. The summed E-state index contributed by atoms with van der Waals surface area (Å²) < 4.78 is 38.4. The van der Waals surface area contributed by atoms with Crippen LogP contribution in [0.25, 0.3) is 11.0 Å². The first-order valence-corrected chi connectivity index (χ1v) is 8.26. The SMILES string of the molecule is CC(Nc1nc2ccc(C(F)(F)F)cc2nc1SC(C)(C)C)C(=O)O. The Morgan fingerprint density at radius 3 is 2.36 bits per heavy atom. The largest absolute Gasteiger partial charge is 0.480 e. The first-order chi connectivity index (χ1) is 11.4. The topological polar surface area (TPSA) is 75.1 Å². The van der Waals surface area contributed by atoms with Gasteiger partial charge in [0.2, 0.25) is 0 Å². The number of halogens is 3. The van der Waals surface area contributed by atoms with Gasteiger partial charge in [-0.15, -0.1) is 0 Å². The van der Waals surface area contributed by atoms with E-state index in [1.54, 1.807) is 0 Å². The van der Waals surface area contributed by atoms with E-state index in [4.69, 9.17) is 5.11 Å². The molecule has 0 fully saturated rings. The number of fused-ring (bicyclic) bond motifs is 1. The number of nitrogens with one attached hydrogen (secondary N) is 1. The maximum absolute atomic E-state index is 12.9. The van der Waals surface area contributed by atoms with Crippen molar-refractivity contribution in [3.8, 4) is 0 Å². The second-order valence-electron chi connectivity index (χ2n) is 6.50. The molecule has 0 amide bonds. The lowest BCUT2D eigenvalue weighted by atomic mass is 10.2. The molecule has 2 rings (SSSR count). The van der Waals surface area contributed by atoms with Crippen molar-refractivity contribution in [3.05, 3.63) is 23.8 Å². The highest BCUT2D eigenvalue weighted by Crippen LogP contribution is 2.37. The number of anilines is 1. The maximum Gasteiger partial charge on any atom is 0.416 e. The third-order valence-electron chi connectivity index (χ3n) is 3.09. The quantitative estimate of drug-likeness (QED) is 0.773. The molecule has 1 atom stereocenters. The molecule has 1 aromatic carbocycles. The molecular formula is C16H18F3N3O2S. The van der Waals surface area contributed by atoms with Gasteiger partial charge in [0.1, 0.15) is 11.1 Å². The third-order valence-corrected chi connectivity index (χ3v) is 4.18. The van der Waals surface area contributed by atoms with Crippen molar-refractivity contribution in [2.75, 3.05) is 5.32 Å². The van der Waals surface area contributed by atoms with Gasteiger partial charge in [-0.1, -0.05) is 32.5 Å². The molecule has 0 aliphatic heterocycles. The summed E-state index contributed by atoms with van der Waals surface area (Å²) in [5, 5.41) is 12.2. The zero-order valence-corrected chi connectivity index (χ0v) is 14.9. The van der Waals surface area contributed by atoms with Crippen LogP contribution in [-0.4, -0.2) is 31.8 Å². The predicted molar refractivity (Wildman–Crippen MR) is 90.9 cm³/mol. The van der Waals surface area contributed by atoms with Gasteiger partial charge in [-0.05, 0) is 25.1 Å². The van der Waals surface area contributed by atoms with Gasteiger partial charge in [0.25, 0.3) is 0 Å². The summed E-state index contributed by atoms with van der Waals surface area (Å²) in [6.45, 7) is 7.20. The number of alkyl halides is 3. The molecule has 0 radical (unpaired) electrons. The summed E-state index contributed by atoms with van der Waals surface area (Å²) in [6, 6.07) is 2.19. The predicted octanol–water partition coefficient (Wildman–Crippen LogP) is 4.42. The lowest BCUT2D eigenvalue weighted by molar-refractivity contribution is -0.138. The van der Waals surface area contributed by atoms with Crippen LogP contribution in [0.3, 0.4) is 0 Å². The highest BCUT2D eigenvalue weighted by Gasteiger charge is 2.31. The molecular weight excluding hydrogens is 355 g/mol. The van der Waals surface area contributed by atoms with Gasteiger partial charge >= 0.3 is 12.1 Å².